The molecule has 0 aromatic carbocycles. The Balaban J connectivity index is 1.22. The first-order chi connectivity index (χ1) is 19.9. The summed E-state index contributed by atoms with van der Waals surface area (Å²) in [6.07, 6.45) is 0. The molecule has 8 aromatic heterocycles. The summed E-state index contributed by atoms with van der Waals surface area (Å²) in [5.74, 6) is 0. The van der Waals surface area contributed by atoms with Crippen LogP contribution in [0.15, 0.2) is 104 Å². The highest BCUT2D eigenvalue weighted by Gasteiger charge is 2.23. The third-order valence-electron chi connectivity index (χ3n) is 6.75. The standard InChI is InChI=1S/C32H18S8/c1-3-25(33-11-1)19-5-13-35-27(19)20-6-14-36-28(20)21-7-15-37-29(21)22-8-16-38-30(22)23-9-17-39-31(23)24-10-18-40-32(24)26-4-2-12-34-26/h1-18H. The molecule has 0 aliphatic carbocycles. The molecule has 0 unspecified atom stereocenters. The molecule has 0 aliphatic heterocycles. The van der Waals surface area contributed by atoms with Crippen LogP contribution >= 0.6 is 90.7 Å². The van der Waals surface area contributed by atoms with E-state index in [9.17, 15) is 0 Å². The molecular formula is C32H18S8. The van der Waals surface area contributed by atoms with Gasteiger partial charge in [-0.3, -0.25) is 0 Å². The van der Waals surface area contributed by atoms with Crippen molar-refractivity contribution in [2.75, 3.05) is 0 Å². The molecule has 40 heavy (non-hydrogen) atoms. The monoisotopic (exact) mass is 658 g/mol. The summed E-state index contributed by atoms with van der Waals surface area (Å²) in [6, 6.07) is 22.6. The van der Waals surface area contributed by atoms with Gasteiger partial charge in [-0.1, -0.05) is 12.1 Å². The zero-order valence-electron chi connectivity index (χ0n) is 20.7. The molecule has 0 atom stereocenters. The SMILES string of the molecule is c1csc(-c2ccsc2-c2ccsc2-c2ccsc2-c2ccsc2-c2ccsc2-c2ccsc2-c2cccs2)c1. The van der Waals surface area contributed by atoms with Crippen LogP contribution in [0.1, 0.15) is 0 Å². The summed E-state index contributed by atoms with van der Waals surface area (Å²) in [5.41, 5.74) is 8.05. The minimum atomic E-state index is 1.33. The maximum Gasteiger partial charge on any atom is 0.0529 e. The fourth-order valence-electron chi connectivity index (χ4n) is 5.02. The van der Waals surface area contributed by atoms with Crippen molar-refractivity contribution in [3.05, 3.63) is 104 Å². The van der Waals surface area contributed by atoms with Gasteiger partial charge in [0.05, 0.1) is 4.88 Å². The predicted molar refractivity (Wildman–Crippen MR) is 188 cm³/mol. The second kappa shape index (κ2) is 10.8. The van der Waals surface area contributed by atoms with Gasteiger partial charge in [0.15, 0.2) is 0 Å². The van der Waals surface area contributed by atoms with Crippen molar-refractivity contribution in [1.29, 1.82) is 0 Å². The molecule has 8 rings (SSSR count). The van der Waals surface area contributed by atoms with E-state index in [1.165, 1.54) is 72.4 Å². The quantitative estimate of drug-likeness (QED) is 0.160. The number of rotatable bonds is 7. The highest BCUT2D eigenvalue weighted by Crippen LogP contribution is 2.53. The summed E-state index contributed by atoms with van der Waals surface area (Å²) >= 11 is 14.7. The average Bonchev–Trinajstić information content (AvgIpc) is 3.85. The van der Waals surface area contributed by atoms with E-state index >= 15 is 0 Å². The lowest BCUT2D eigenvalue weighted by Crippen LogP contribution is -1.82. The predicted octanol–water partition coefficient (Wildman–Crippen LogP) is 13.8. The van der Waals surface area contributed by atoms with E-state index in [4.69, 9.17) is 0 Å². The first-order valence-electron chi connectivity index (χ1n) is 12.4. The van der Waals surface area contributed by atoms with Gasteiger partial charge in [-0.15, -0.1) is 90.7 Å². The molecule has 0 N–H and O–H groups in total. The molecule has 0 nitrogen and oxygen atoms in total. The van der Waals surface area contributed by atoms with E-state index < -0.39 is 0 Å². The molecule has 0 amide bonds. The van der Waals surface area contributed by atoms with Gasteiger partial charge in [0.1, 0.15) is 0 Å². The zero-order chi connectivity index (χ0) is 26.5. The maximum atomic E-state index is 2.32. The molecule has 0 fully saturated rings. The number of hydrogen-bond acceptors (Lipinski definition) is 8. The lowest BCUT2D eigenvalue weighted by atomic mass is 10.0. The summed E-state index contributed by atoms with van der Waals surface area (Å²) in [6.45, 7) is 0. The molecular weight excluding hydrogens is 641 g/mol. The fraction of sp³-hybridized carbons (Fsp3) is 0. The molecule has 0 bridgehead atoms. The Kier molecular flexibility index (Phi) is 6.82. The maximum absolute atomic E-state index is 2.32. The van der Waals surface area contributed by atoms with Crippen molar-refractivity contribution in [1.82, 2.24) is 0 Å². The zero-order valence-corrected chi connectivity index (χ0v) is 27.2. The van der Waals surface area contributed by atoms with Crippen LogP contribution in [-0.4, -0.2) is 0 Å². The van der Waals surface area contributed by atoms with Gasteiger partial charge in [-0.25, -0.2) is 0 Å². The minimum absolute atomic E-state index is 1.33. The van der Waals surface area contributed by atoms with Crippen molar-refractivity contribution < 1.29 is 0 Å². The van der Waals surface area contributed by atoms with Crippen LogP contribution in [0.25, 0.3) is 72.4 Å². The summed E-state index contributed by atoms with van der Waals surface area (Å²) in [4.78, 5) is 10.8. The molecule has 0 saturated heterocycles. The van der Waals surface area contributed by atoms with E-state index in [0.29, 0.717) is 0 Å². The van der Waals surface area contributed by atoms with Crippen LogP contribution in [0.4, 0.5) is 0 Å². The molecule has 8 heterocycles. The molecule has 8 heteroatoms. The third-order valence-corrected chi connectivity index (χ3v) is 14.4. The second-order valence-corrected chi connectivity index (χ2v) is 16.3. The van der Waals surface area contributed by atoms with Crippen molar-refractivity contribution >= 4 is 90.7 Å². The van der Waals surface area contributed by atoms with Gasteiger partial charge in [0.25, 0.3) is 0 Å². The summed E-state index contributed by atoms with van der Waals surface area (Å²) in [5, 5.41) is 17.8. The molecule has 194 valence electrons. The highest BCUT2D eigenvalue weighted by atomic mass is 32.1. The highest BCUT2D eigenvalue weighted by molar-refractivity contribution is 7.22. The first-order valence-corrected chi connectivity index (χ1v) is 19.4. The lowest BCUT2D eigenvalue weighted by Gasteiger charge is -2.09. The fourth-order valence-corrected chi connectivity index (χ4v) is 12.6. The van der Waals surface area contributed by atoms with E-state index in [2.05, 4.69) is 104 Å². The van der Waals surface area contributed by atoms with Crippen molar-refractivity contribution in [2.24, 2.45) is 0 Å². The smallest absolute Gasteiger partial charge is 0.0529 e. The van der Waals surface area contributed by atoms with Crippen molar-refractivity contribution in [3.8, 4) is 72.4 Å². The topological polar surface area (TPSA) is 0 Å². The van der Waals surface area contributed by atoms with E-state index in [1.54, 1.807) is 0 Å². The molecule has 0 spiro atoms. The van der Waals surface area contributed by atoms with Gasteiger partial charge in [-0.2, -0.15) is 0 Å². The molecule has 8 aromatic rings. The Morgan fingerprint density at radius 3 is 0.975 bits per heavy atom. The van der Waals surface area contributed by atoms with Crippen LogP contribution < -0.4 is 0 Å². The van der Waals surface area contributed by atoms with Crippen LogP contribution in [0.3, 0.4) is 0 Å². The Hall–Kier alpha value is -2.40. The number of hydrogen-bond donors (Lipinski definition) is 0. The van der Waals surface area contributed by atoms with Crippen LogP contribution in [0.2, 0.25) is 0 Å². The minimum Gasteiger partial charge on any atom is -0.144 e. The van der Waals surface area contributed by atoms with Gasteiger partial charge < -0.3 is 0 Å². The number of thiophene rings is 8. The summed E-state index contributed by atoms with van der Waals surface area (Å²) in [7, 11) is 0. The molecule has 0 aliphatic rings. The van der Waals surface area contributed by atoms with Crippen molar-refractivity contribution in [3.63, 3.8) is 0 Å². The van der Waals surface area contributed by atoms with Crippen molar-refractivity contribution in [2.45, 2.75) is 0 Å². The third kappa shape index (κ3) is 4.30. The van der Waals surface area contributed by atoms with Gasteiger partial charge in [0.2, 0.25) is 0 Å². The van der Waals surface area contributed by atoms with E-state index in [1.807, 2.05) is 90.7 Å². The lowest BCUT2D eigenvalue weighted by molar-refractivity contribution is 1.78. The Morgan fingerprint density at radius 1 is 0.250 bits per heavy atom. The first kappa shape index (κ1) is 25.3. The average molecular weight is 659 g/mol. The van der Waals surface area contributed by atoms with Gasteiger partial charge in [-0.05, 0) is 91.6 Å². The summed E-state index contributed by atoms with van der Waals surface area (Å²) < 4.78 is 0. The second-order valence-electron chi connectivity index (χ2n) is 8.94. The molecule has 0 saturated carbocycles. The van der Waals surface area contributed by atoms with E-state index in [0.717, 1.165) is 0 Å². The van der Waals surface area contributed by atoms with Gasteiger partial charge in [0, 0.05) is 67.5 Å². The Morgan fingerprint density at radius 2 is 0.575 bits per heavy atom. The van der Waals surface area contributed by atoms with Crippen LogP contribution in [-0.2, 0) is 0 Å². The van der Waals surface area contributed by atoms with Crippen LogP contribution in [0.5, 0.6) is 0 Å². The normalized spacial score (nSPS) is 11.5. The van der Waals surface area contributed by atoms with Crippen LogP contribution in [0, 0.1) is 0 Å². The van der Waals surface area contributed by atoms with Gasteiger partial charge >= 0.3 is 0 Å². The molecule has 0 radical (unpaired) electrons. The largest absolute Gasteiger partial charge is 0.144 e. The van der Waals surface area contributed by atoms with E-state index in [-0.39, 0.29) is 0 Å². The Bertz CT molecular complexity index is 1860. The Labute approximate surface area is 264 Å².